The summed E-state index contributed by atoms with van der Waals surface area (Å²) in [5.41, 5.74) is 6.42. The summed E-state index contributed by atoms with van der Waals surface area (Å²) in [4.78, 5) is 0. The van der Waals surface area contributed by atoms with Crippen molar-refractivity contribution in [3.63, 3.8) is 0 Å². The van der Waals surface area contributed by atoms with E-state index in [1.165, 1.54) is 0 Å². The van der Waals surface area contributed by atoms with Crippen LogP contribution in [0.5, 0.6) is 17.2 Å². The van der Waals surface area contributed by atoms with Crippen molar-refractivity contribution in [2.75, 3.05) is 13.2 Å². The molecule has 4 heteroatoms. The Kier molecular flexibility index (Phi) is 2.21. The van der Waals surface area contributed by atoms with Crippen LogP contribution in [0.25, 0.3) is 0 Å². The van der Waals surface area contributed by atoms with E-state index < -0.39 is 0 Å². The number of aromatic hydroxyl groups is 1. The Balaban J connectivity index is 2.47. The predicted octanol–water partition coefficient (Wildman–Crippen LogP) is 1.18. The minimum Gasteiger partial charge on any atom is -0.507 e. The Morgan fingerprint density at radius 3 is 3.14 bits per heavy atom. The third-order valence-corrected chi connectivity index (χ3v) is 2.21. The van der Waals surface area contributed by atoms with Crippen LogP contribution in [0.2, 0.25) is 0 Å². The van der Waals surface area contributed by atoms with Gasteiger partial charge in [-0.3, -0.25) is 0 Å². The number of phenols is 1. The number of hydrogen-bond acceptors (Lipinski definition) is 4. The van der Waals surface area contributed by atoms with Gasteiger partial charge in [-0.25, -0.2) is 0 Å². The fraction of sp³-hybridized carbons (Fsp3) is 0.400. The molecule has 1 heterocycles. The van der Waals surface area contributed by atoms with Gasteiger partial charge in [-0.1, -0.05) is 0 Å². The summed E-state index contributed by atoms with van der Waals surface area (Å²) in [5, 5.41) is 9.58. The molecule has 0 aromatic heterocycles. The van der Waals surface area contributed by atoms with Crippen molar-refractivity contribution in [3.05, 3.63) is 17.7 Å². The molecule has 1 aliphatic rings. The molecule has 0 radical (unpaired) electrons. The monoisotopic (exact) mass is 195 g/mol. The molecule has 4 nitrogen and oxygen atoms in total. The number of ether oxygens (including phenoxy) is 2. The molecule has 14 heavy (non-hydrogen) atoms. The third-order valence-electron chi connectivity index (χ3n) is 2.21. The molecular formula is C10H13NO3. The van der Waals surface area contributed by atoms with Gasteiger partial charge in [0.05, 0.1) is 18.2 Å². The molecule has 2 rings (SSSR count). The second-order valence-corrected chi connectivity index (χ2v) is 3.18. The van der Waals surface area contributed by atoms with Crippen molar-refractivity contribution in [2.45, 2.75) is 13.0 Å². The van der Waals surface area contributed by atoms with Crippen LogP contribution in [0.3, 0.4) is 0 Å². The average molecular weight is 195 g/mol. The van der Waals surface area contributed by atoms with E-state index in [1.807, 2.05) is 6.92 Å². The quantitative estimate of drug-likeness (QED) is 0.743. The normalized spacial score (nSPS) is 18.9. The Hall–Kier alpha value is -1.42. The molecule has 0 aliphatic carbocycles. The molecule has 0 spiro atoms. The van der Waals surface area contributed by atoms with Crippen molar-refractivity contribution in [1.29, 1.82) is 0 Å². The van der Waals surface area contributed by atoms with E-state index in [9.17, 15) is 5.11 Å². The number of phenolic OH excluding ortho intramolecular Hbond substituents is 1. The second kappa shape index (κ2) is 3.38. The zero-order valence-electron chi connectivity index (χ0n) is 7.99. The molecule has 0 fully saturated rings. The van der Waals surface area contributed by atoms with Crippen LogP contribution in [-0.4, -0.2) is 18.3 Å². The first-order valence-corrected chi connectivity index (χ1v) is 4.61. The van der Waals surface area contributed by atoms with Crippen LogP contribution in [-0.2, 0) is 0 Å². The number of rotatable bonds is 2. The zero-order chi connectivity index (χ0) is 10.1. The molecule has 0 saturated heterocycles. The third kappa shape index (κ3) is 1.28. The molecule has 0 saturated carbocycles. The van der Waals surface area contributed by atoms with Gasteiger partial charge in [-0.05, 0) is 19.1 Å². The Morgan fingerprint density at radius 1 is 1.64 bits per heavy atom. The molecule has 1 unspecified atom stereocenters. The number of nitrogens with two attached hydrogens (primary N) is 1. The van der Waals surface area contributed by atoms with Gasteiger partial charge in [-0.15, -0.1) is 0 Å². The molecule has 3 N–H and O–H groups in total. The largest absolute Gasteiger partial charge is 0.507 e. The molecule has 1 aliphatic heterocycles. The van der Waals surface area contributed by atoms with Gasteiger partial charge in [0.15, 0.2) is 11.5 Å². The zero-order valence-corrected chi connectivity index (χ0v) is 7.99. The van der Waals surface area contributed by atoms with Crippen LogP contribution < -0.4 is 15.2 Å². The molecule has 76 valence electrons. The first-order chi connectivity index (χ1) is 6.74. The predicted molar refractivity (Wildman–Crippen MR) is 51.7 cm³/mol. The van der Waals surface area contributed by atoms with E-state index in [-0.39, 0.29) is 11.8 Å². The van der Waals surface area contributed by atoms with Crippen LogP contribution in [0.4, 0.5) is 0 Å². The average Bonchev–Trinajstić information content (AvgIpc) is 2.54. The SMILES string of the molecule is CCOc1ccc(O)c2c1OCC2N. The van der Waals surface area contributed by atoms with E-state index in [4.69, 9.17) is 15.2 Å². The summed E-state index contributed by atoms with van der Waals surface area (Å²) in [6, 6.07) is 3.01. The summed E-state index contributed by atoms with van der Waals surface area (Å²) in [7, 11) is 0. The lowest BCUT2D eigenvalue weighted by atomic mass is 10.1. The van der Waals surface area contributed by atoms with Crippen LogP contribution in [0.15, 0.2) is 12.1 Å². The molecule has 0 amide bonds. The van der Waals surface area contributed by atoms with E-state index >= 15 is 0 Å². The van der Waals surface area contributed by atoms with Crippen molar-refractivity contribution in [2.24, 2.45) is 5.73 Å². The Morgan fingerprint density at radius 2 is 2.43 bits per heavy atom. The van der Waals surface area contributed by atoms with Crippen LogP contribution in [0, 0.1) is 0 Å². The van der Waals surface area contributed by atoms with Gasteiger partial charge in [0.1, 0.15) is 12.4 Å². The second-order valence-electron chi connectivity index (χ2n) is 3.18. The van der Waals surface area contributed by atoms with Crippen LogP contribution >= 0.6 is 0 Å². The number of benzene rings is 1. The minimum atomic E-state index is -0.259. The van der Waals surface area contributed by atoms with E-state index in [2.05, 4.69) is 0 Å². The maximum absolute atomic E-state index is 9.58. The van der Waals surface area contributed by atoms with Crippen molar-refractivity contribution in [1.82, 2.24) is 0 Å². The van der Waals surface area contributed by atoms with Gasteiger partial charge in [0.2, 0.25) is 0 Å². The lowest BCUT2D eigenvalue weighted by Crippen LogP contribution is -2.10. The van der Waals surface area contributed by atoms with Gasteiger partial charge < -0.3 is 20.3 Å². The standard InChI is InChI=1S/C10H13NO3/c1-2-13-8-4-3-7(12)9-6(11)5-14-10(8)9/h3-4,6,12H,2,5,11H2,1H3. The molecule has 1 aromatic rings. The Bertz CT molecular complexity index is 351. The highest BCUT2D eigenvalue weighted by Crippen LogP contribution is 2.44. The summed E-state index contributed by atoms with van der Waals surface area (Å²) in [6.07, 6.45) is 0. The molecule has 0 bridgehead atoms. The van der Waals surface area contributed by atoms with E-state index in [0.29, 0.717) is 30.3 Å². The molecular weight excluding hydrogens is 182 g/mol. The molecule has 1 atom stereocenters. The van der Waals surface area contributed by atoms with Crippen molar-refractivity contribution < 1.29 is 14.6 Å². The summed E-state index contributed by atoms with van der Waals surface area (Å²) < 4.78 is 10.7. The smallest absolute Gasteiger partial charge is 0.169 e. The van der Waals surface area contributed by atoms with Gasteiger partial charge >= 0.3 is 0 Å². The minimum absolute atomic E-state index is 0.174. The fourth-order valence-corrected chi connectivity index (χ4v) is 1.60. The van der Waals surface area contributed by atoms with Crippen LogP contribution in [0.1, 0.15) is 18.5 Å². The summed E-state index contributed by atoms with van der Waals surface area (Å²) >= 11 is 0. The Labute approximate surface area is 82.2 Å². The number of fused-ring (bicyclic) bond motifs is 1. The first kappa shape index (κ1) is 9.15. The summed E-state index contributed by atoms with van der Waals surface area (Å²) in [5.74, 6) is 1.40. The lowest BCUT2D eigenvalue weighted by Gasteiger charge is -2.09. The maximum atomic E-state index is 9.58. The van der Waals surface area contributed by atoms with Gasteiger partial charge in [-0.2, -0.15) is 0 Å². The highest BCUT2D eigenvalue weighted by Gasteiger charge is 2.27. The molecule has 1 aromatic carbocycles. The van der Waals surface area contributed by atoms with E-state index in [1.54, 1.807) is 12.1 Å². The maximum Gasteiger partial charge on any atom is 0.169 e. The van der Waals surface area contributed by atoms with Gasteiger partial charge in [0.25, 0.3) is 0 Å². The topological polar surface area (TPSA) is 64.7 Å². The highest BCUT2D eigenvalue weighted by atomic mass is 16.5. The van der Waals surface area contributed by atoms with Crippen molar-refractivity contribution >= 4 is 0 Å². The van der Waals surface area contributed by atoms with Crippen molar-refractivity contribution in [3.8, 4) is 17.2 Å². The fourth-order valence-electron chi connectivity index (χ4n) is 1.60. The highest BCUT2D eigenvalue weighted by molar-refractivity contribution is 5.56. The van der Waals surface area contributed by atoms with Gasteiger partial charge in [0, 0.05) is 0 Å². The van der Waals surface area contributed by atoms with E-state index in [0.717, 1.165) is 0 Å². The number of hydrogen-bond donors (Lipinski definition) is 2. The first-order valence-electron chi connectivity index (χ1n) is 4.61. The summed E-state index contributed by atoms with van der Waals surface area (Å²) in [6.45, 7) is 2.86. The lowest BCUT2D eigenvalue weighted by molar-refractivity contribution is 0.290.